The smallest absolute Gasteiger partial charge is 0.231 e. The van der Waals surface area contributed by atoms with Crippen molar-refractivity contribution in [1.82, 2.24) is 0 Å². The molecule has 0 aromatic heterocycles. The molecular weight excluding hydrogens is 196 g/mol. The van der Waals surface area contributed by atoms with E-state index in [2.05, 4.69) is 0 Å². The van der Waals surface area contributed by atoms with Gasteiger partial charge in [-0.25, -0.2) is 0 Å². The lowest BCUT2D eigenvalue weighted by molar-refractivity contribution is 0.151. The van der Waals surface area contributed by atoms with Crippen LogP contribution in [0.3, 0.4) is 0 Å². The summed E-state index contributed by atoms with van der Waals surface area (Å²) in [7, 11) is 0. The van der Waals surface area contributed by atoms with Gasteiger partial charge in [-0.1, -0.05) is 6.07 Å². The monoisotopic (exact) mass is 210 g/mol. The molecule has 0 spiro atoms. The van der Waals surface area contributed by atoms with E-state index in [1.54, 1.807) is 12.1 Å². The Labute approximate surface area is 88.1 Å². The summed E-state index contributed by atoms with van der Waals surface area (Å²) in [5, 5.41) is 18.4. The summed E-state index contributed by atoms with van der Waals surface area (Å²) in [5.41, 5.74) is 0.799. The van der Waals surface area contributed by atoms with Gasteiger partial charge in [0.25, 0.3) is 0 Å². The highest BCUT2D eigenvalue weighted by molar-refractivity contribution is 5.44. The third-order valence-electron chi connectivity index (χ3n) is 2.42. The van der Waals surface area contributed by atoms with Crippen LogP contribution in [0.5, 0.6) is 11.5 Å². The molecule has 1 aliphatic heterocycles. The molecule has 0 saturated heterocycles. The normalized spacial score (nSPS) is 15.3. The number of hydrogen-bond donors (Lipinski definition) is 2. The summed E-state index contributed by atoms with van der Waals surface area (Å²) < 4.78 is 10.4. The molecule has 15 heavy (non-hydrogen) atoms. The van der Waals surface area contributed by atoms with E-state index in [1.807, 2.05) is 6.07 Å². The van der Waals surface area contributed by atoms with Crippen LogP contribution in [0.2, 0.25) is 0 Å². The van der Waals surface area contributed by atoms with E-state index in [4.69, 9.17) is 14.6 Å². The molecule has 0 fully saturated rings. The molecule has 0 bridgehead atoms. The van der Waals surface area contributed by atoms with Crippen LogP contribution in [0.1, 0.15) is 24.5 Å². The molecule has 0 aliphatic carbocycles. The minimum atomic E-state index is -0.549. The number of aliphatic hydroxyl groups is 2. The molecule has 0 saturated carbocycles. The third kappa shape index (κ3) is 2.22. The standard InChI is InChI=1S/C11H14O4/c12-5-1-2-9(13)8-3-4-10-11(6-8)15-7-14-10/h3-4,6,9,12-13H,1-2,5,7H2. The van der Waals surface area contributed by atoms with Gasteiger partial charge in [0.2, 0.25) is 6.79 Å². The molecule has 4 nitrogen and oxygen atoms in total. The summed E-state index contributed by atoms with van der Waals surface area (Å²) in [6.45, 7) is 0.340. The second-order valence-electron chi connectivity index (χ2n) is 3.49. The van der Waals surface area contributed by atoms with Crippen molar-refractivity contribution in [2.45, 2.75) is 18.9 Å². The van der Waals surface area contributed by atoms with Crippen LogP contribution in [0, 0.1) is 0 Å². The van der Waals surface area contributed by atoms with Gasteiger partial charge in [0, 0.05) is 6.61 Å². The maximum Gasteiger partial charge on any atom is 0.231 e. The second-order valence-corrected chi connectivity index (χ2v) is 3.49. The lowest BCUT2D eigenvalue weighted by Gasteiger charge is -2.10. The molecule has 1 aromatic carbocycles. The van der Waals surface area contributed by atoms with Gasteiger partial charge in [-0.05, 0) is 30.5 Å². The predicted octanol–water partition coefficient (Wildman–Crippen LogP) is 1.22. The van der Waals surface area contributed by atoms with Crippen molar-refractivity contribution in [3.8, 4) is 11.5 Å². The van der Waals surface area contributed by atoms with Crippen LogP contribution in [-0.2, 0) is 0 Å². The molecule has 1 aliphatic rings. The Morgan fingerprint density at radius 3 is 2.87 bits per heavy atom. The zero-order valence-electron chi connectivity index (χ0n) is 8.35. The fourth-order valence-corrected chi connectivity index (χ4v) is 1.57. The second kappa shape index (κ2) is 4.51. The van der Waals surface area contributed by atoms with Gasteiger partial charge in [-0.2, -0.15) is 0 Å². The molecule has 0 amide bonds. The first-order valence-electron chi connectivity index (χ1n) is 4.99. The molecule has 2 N–H and O–H groups in total. The van der Waals surface area contributed by atoms with Crippen LogP contribution in [0.4, 0.5) is 0 Å². The lowest BCUT2D eigenvalue weighted by atomic mass is 10.0. The number of fused-ring (bicyclic) bond motifs is 1. The Kier molecular flexibility index (Phi) is 3.08. The number of rotatable bonds is 4. The largest absolute Gasteiger partial charge is 0.454 e. The zero-order chi connectivity index (χ0) is 10.7. The van der Waals surface area contributed by atoms with Crippen LogP contribution in [0.25, 0.3) is 0 Å². The topological polar surface area (TPSA) is 58.9 Å². The van der Waals surface area contributed by atoms with Crippen LogP contribution < -0.4 is 9.47 Å². The minimum Gasteiger partial charge on any atom is -0.454 e. The summed E-state index contributed by atoms with van der Waals surface area (Å²) in [6, 6.07) is 5.39. The van der Waals surface area contributed by atoms with E-state index in [0.717, 1.165) is 5.56 Å². The molecule has 1 aromatic rings. The van der Waals surface area contributed by atoms with E-state index < -0.39 is 6.10 Å². The molecule has 1 atom stereocenters. The van der Waals surface area contributed by atoms with Crippen molar-refractivity contribution < 1.29 is 19.7 Å². The fraction of sp³-hybridized carbons (Fsp3) is 0.455. The molecular formula is C11H14O4. The van der Waals surface area contributed by atoms with Gasteiger partial charge in [0.1, 0.15) is 0 Å². The van der Waals surface area contributed by atoms with Crippen molar-refractivity contribution in [1.29, 1.82) is 0 Å². The Morgan fingerprint density at radius 1 is 1.27 bits per heavy atom. The van der Waals surface area contributed by atoms with Gasteiger partial charge >= 0.3 is 0 Å². The molecule has 0 radical (unpaired) electrons. The zero-order valence-corrected chi connectivity index (χ0v) is 8.35. The minimum absolute atomic E-state index is 0.0988. The van der Waals surface area contributed by atoms with Gasteiger partial charge < -0.3 is 19.7 Å². The molecule has 82 valence electrons. The van der Waals surface area contributed by atoms with Gasteiger partial charge in [-0.3, -0.25) is 0 Å². The summed E-state index contributed by atoms with van der Waals surface area (Å²) in [6.07, 6.45) is 0.595. The molecule has 1 heterocycles. The lowest BCUT2D eigenvalue weighted by Crippen LogP contribution is -1.98. The summed E-state index contributed by atoms with van der Waals surface area (Å²) in [5.74, 6) is 1.39. The average molecular weight is 210 g/mol. The van der Waals surface area contributed by atoms with Crippen molar-refractivity contribution in [3.63, 3.8) is 0 Å². The van der Waals surface area contributed by atoms with Crippen molar-refractivity contribution in [2.75, 3.05) is 13.4 Å². The maximum absolute atomic E-state index is 9.78. The van der Waals surface area contributed by atoms with E-state index in [-0.39, 0.29) is 13.4 Å². The average Bonchev–Trinajstić information content (AvgIpc) is 2.72. The van der Waals surface area contributed by atoms with Gasteiger partial charge in [-0.15, -0.1) is 0 Å². The van der Waals surface area contributed by atoms with Crippen LogP contribution in [-0.4, -0.2) is 23.6 Å². The molecule has 1 unspecified atom stereocenters. The van der Waals surface area contributed by atoms with E-state index in [0.29, 0.717) is 24.3 Å². The number of aliphatic hydroxyl groups excluding tert-OH is 2. The highest BCUT2D eigenvalue weighted by atomic mass is 16.7. The summed E-state index contributed by atoms with van der Waals surface area (Å²) >= 11 is 0. The first kappa shape index (κ1) is 10.3. The van der Waals surface area contributed by atoms with Crippen LogP contribution >= 0.6 is 0 Å². The van der Waals surface area contributed by atoms with E-state index in [1.165, 1.54) is 0 Å². The number of ether oxygens (including phenoxy) is 2. The van der Waals surface area contributed by atoms with Crippen molar-refractivity contribution in [2.24, 2.45) is 0 Å². The Hall–Kier alpha value is -1.26. The number of hydrogen-bond acceptors (Lipinski definition) is 4. The van der Waals surface area contributed by atoms with E-state index >= 15 is 0 Å². The highest BCUT2D eigenvalue weighted by Crippen LogP contribution is 2.34. The Morgan fingerprint density at radius 2 is 2.07 bits per heavy atom. The fourth-order valence-electron chi connectivity index (χ4n) is 1.57. The van der Waals surface area contributed by atoms with Gasteiger partial charge in [0.15, 0.2) is 11.5 Å². The molecule has 4 heteroatoms. The van der Waals surface area contributed by atoms with E-state index in [9.17, 15) is 5.11 Å². The quantitative estimate of drug-likeness (QED) is 0.784. The van der Waals surface area contributed by atoms with Gasteiger partial charge in [0.05, 0.1) is 6.10 Å². The first-order chi connectivity index (χ1) is 7.31. The highest BCUT2D eigenvalue weighted by Gasteiger charge is 2.16. The predicted molar refractivity (Wildman–Crippen MR) is 53.8 cm³/mol. The Balaban J connectivity index is 2.08. The van der Waals surface area contributed by atoms with Crippen LogP contribution in [0.15, 0.2) is 18.2 Å². The van der Waals surface area contributed by atoms with Crippen molar-refractivity contribution in [3.05, 3.63) is 23.8 Å². The molecule has 2 rings (SSSR count). The SMILES string of the molecule is OCCCC(O)c1ccc2c(c1)OCO2. The number of benzene rings is 1. The Bertz CT molecular complexity index is 337. The third-order valence-corrected chi connectivity index (χ3v) is 2.42. The summed E-state index contributed by atoms with van der Waals surface area (Å²) in [4.78, 5) is 0. The van der Waals surface area contributed by atoms with Crippen molar-refractivity contribution >= 4 is 0 Å². The maximum atomic E-state index is 9.78. The first-order valence-corrected chi connectivity index (χ1v) is 4.99.